The highest BCUT2D eigenvalue weighted by molar-refractivity contribution is 5.80. The summed E-state index contributed by atoms with van der Waals surface area (Å²) in [6.45, 7) is 4.48. The highest BCUT2D eigenvalue weighted by Crippen LogP contribution is 2.20. The lowest BCUT2D eigenvalue weighted by Crippen LogP contribution is -2.30. The van der Waals surface area contributed by atoms with Crippen molar-refractivity contribution in [1.29, 1.82) is 0 Å². The van der Waals surface area contributed by atoms with Crippen molar-refractivity contribution < 1.29 is 9.53 Å². The lowest BCUT2D eigenvalue weighted by Gasteiger charge is -2.08. The van der Waals surface area contributed by atoms with E-state index in [9.17, 15) is 4.79 Å². The zero-order chi connectivity index (χ0) is 13.8. The number of rotatable bonds is 5. The van der Waals surface area contributed by atoms with Crippen molar-refractivity contribution in [3.8, 4) is 5.75 Å². The SMILES string of the molecule is COc1ccc2c(cnn2CCC(=O)NC(C)C)c1. The number of nitrogens with zero attached hydrogens (tertiary/aromatic N) is 2. The fraction of sp³-hybridized carbons (Fsp3) is 0.429. The lowest BCUT2D eigenvalue weighted by atomic mass is 10.2. The molecular weight excluding hydrogens is 242 g/mol. The van der Waals surface area contributed by atoms with Crippen LogP contribution in [0.25, 0.3) is 10.9 Å². The molecule has 2 aromatic rings. The Hall–Kier alpha value is -2.04. The summed E-state index contributed by atoms with van der Waals surface area (Å²) in [6.07, 6.45) is 2.22. The van der Waals surface area contributed by atoms with Crippen LogP contribution in [0.1, 0.15) is 20.3 Å². The van der Waals surface area contributed by atoms with Gasteiger partial charge in [-0.2, -0.15) is 5.10 Å². The number of benzene rings is 1. The Labute approximate surface area is 112 Å². The van der Waals surface area contributed by atoms with Crippen LogP contribution in [-0.4, -0.2) is 28.8 Å². The van der Waals surface area contributed by atoms with E-state index in [1.165, 1.54) is 0 Å². The van der Waals surface area contributed by atoms with Gasteiger partial charge >= 0.3 is 0 Å². The van der Waals surface area contributed by atoms with Crippen molar-refractivity contribution in [2.75, 3.05) is 7.11 Å². The number of methoxy groups -OCH3 is 1. The summed E-state index contributed by atoms with van der Waals surface area (Å²) in [4.78, 5) is 11.6. The Bertz CT molecular complexity index is 575. The summed E-state index contributed by atoms with van der Waals surface area (Å²) >= 11 is 0. The van der Waals surface area contributed by atoms with Crippen molar-refractivity contribution in [1.82, 2.24) is 15.1 Å². The van der Waals surface area contributed by atoms with E-state index in [1.807, 2.05) is 36.7 Å². The number of hydrogen-bond donors (Lipinski definition) is 1. The smallest absolute Gasteiger partial charge is 0.222 e. The molecule has 1 aromatic heterocycles. The number of amides is 1. The van der Waals surface area contributed by atoms with Crippen LogP contribution >= 0.6 is 0 Å². The maximum absolute atomic E-state index is 11.6. The molecule has 0 spiro atoms. The molecule has 0 unspecified atom stereocenters. The van der Waals surface area contributed by atoms with E-state index < -0.39 is 0 Å². The van der Waals surface area contributed by atoms with Crippen LogP contribution < -0.4 is 10.1 Å². The Morgan fingerprint density at radius 1 is 1.47 bits per heavy atom. The van der Waals surface area contributed by atoms with E-state index in [0.717, 1.165) is 16.7 Å². The van der Waals surface area contributed by atoms with Crippen molar-refractivity contribution in [2.45, 2.75) is 32.9 Å². The molecular formula is C14H19N3O2. The molecule has 0 aliphatic carbocycles. The zero-order valence-electron chi connectivity index (χ0n) is 11.5. The van der Waals surface area contributed by atoms with Crippen LogP contribution in [-0.2, 0) is 11.3 Å². The minimum atomic E-state index is 0.0483. The molecule has 5 heteroatoms. The molecule has 0 aliphatic rings. The topological polar surface area (TPSA) is 56.2 Å². The first kappa shape index (κ1) is 13.4. The third-order valence-corrected chi connectivity index (χ3v) is 2.85. The highest BCUT2D eigenvalue weighted by Gasteiger charge is 2.07. The van der Waals surface area contributed by atoms with E-state index in [-0.39, 0.29) is 11.9 Å². The molecule has 19 heavy (non-hydrogen) atoms. The van der Waals surface area contributed by atoms with Crippen LogP contribution in [0.3, 0.4) is 0 Å². The average Bonchev–Trinajstić information content (AvgIpc) is 2.77. The molecule has 0 saturated carbocycles. The van der Waals surface area contributed by atoms with Gasteiger partial charge in [0.25, 0.3) is 0 Å². The summed E-state index contributed by atoms with van der Waals surface area (Å²) in [5, 5.41) is 8.19. The van der Waals surface area contributed by atoms with Gasteiger partial charge in [0.2, 0.25) is 5.91 Å². The molecule has 2 rings (SSSR count). The Kier molecular flexibility index (Phi) is 4.04. The second kappa shape index (κ2) is 5.73. The molecule has 1 amide bonds. The normalized spacial score (nSPS) is 10.9. The summed E-state index contributed by atoms with van der Waals surface area (Å²) in [5.41, 5.74) is 1.01. The van der Waals surface area contributed by atoms with E-state index in [4.69, 9.17) is 4.74 Å². The molecule has 5 nitrogen and oxygen atoms in total. The van der Waals surface area contributed by atoms with Crippen LogP contribution in [0, 0.1) is 0 Å². The van der Waals surface area contributed by atoms with Gasteiger partial charge in [0.05, 0.1) is 25.4 Å². The van der Waals surface area contributed by atoms with Crippen LogP contribution in [0.2, 0.25) is 0 Å². The summed E-state index contributed by atoms with van der Waals surface area (Å²) in [5.74, 6) is 0.858. The van der Waals surface area contributed by atoms with Crippen molar-refractivity contribution in [3.63, 3.8) is 0 Å². The number of fused-ring (bicyclic) bond motifs is 1. The first-order chi connectivity index (χ1) is 9.10. The maximum atomic E-state index is 11.6. The molecule has 0 atom stereocenters. The third-order valence-electron chi connectivity index (χ3n) is 2.85. The fourth-order valence-corrected chi connectivity index (χ4v) is 1.97. The first-order valence-corrected chi connectivity index (χ1v) is 6.39. The van der Waals surface area contributed by atoms with Gasteiger partial charge in [-0.25, -0.2) is 0 Å². The van der Waals surface area contributed by atoms with Gasteiger partial charge < -0.3 is 10.1 Å². The van der Waals surface area contributed by atoms with Crippen LogP contribution in [0.15, 0.2) is 24.4 Å². The minimum absolute atomic E-state index is 0.0483. The monoisotopic (exact) mass is 261 g/mol. The van der Waals surface area contributed by atoms with Gasteiger partial charge in [-0.1, -0.05) is 0 Å². The van der Waals surface area contributed by atoms with Crippen molar-refractivity contribution in [2.24, 2.45) is 0 Å². The molecule has 0 aliphatic heterocycles. The van der Waals surface area contributed by atoms with Gasteiger partial charge in [-0.05, 0) is 32.0 Å². The van der Waals surface area contributed by atoms with Crippen LogP contribution in [0.5, 0.6) is 5.75 Å². The minimum Gasteiger partial charge on any atom is -0.497 e. The van der Waals surface area contributed by atoms with Gasteiger partial charge in [0.15, 0.2) is 0 Å². The number of nitrogens with one attached hydrogen (secondary N) is 1. The van der Waals surface area contributed by atoms with Crippen LogP contribution in [0.4, 0.5) is 0 Å². The lowest BCUT2D eigenvalue weighted by molar-refractivity contribution is -0.121. The van der Waals surface area contributed by atoms with E-state index in [2.05, 4.69) is 10.4 Å². The largest absolute Gasteiger partial charge is 0.497 e. The van der Waals surface area contributed by atoms with Gasteiger partial charge in [0, 0.05) is 17.8 Å². The second-order valence-electron chi connectivity index (χ2n) is 4.76. The van der Waals surface area contributed by atoms with E-state index >= 15 is 0 Å². The summed E-state index contributed by atoms with van der Waals surface area (Å²) < 4.78 is 7.01. The summed E-state index contributed by atoms with van der Waals surface area (Å²) in [7, 11) is 1.64. The highest BCUT2D eigenvalue weighted by atomic mass is 16.5. The number of aryl methyl sites for hydroxylation is 1. The second-order valence-corrected chi connectivity index (χ2v) is 4.76. The zero-order valence-corrected chi connectivity index (χ0v) is 11.5. The standard InChI is InChI=1S/C14H19N3O2/c1-10(2)16-14(18)6-7-17-13-5-4-12(19-3)8-11(13)9-15-17/h4-5,8-10H,6-7H2,1-3H3,(H,16,18). The Morgan fingerprint density at radius 3 is 2.95 bits per heavy atom. The van der Waals surface area contributed by atoms with Gasteiger partial charge in [0.1, 0.15) is 5.75 Å². The number of carbonyl (C=O) groups excluding carboxylic acids is 1. The fourth-order valence-electron chi connectivity index (χ4n) is 1.97. The molecule has 0 bridgehead atoms. The number of hydrogen-bond acceptors (Lipinski definition) is 3. The van der Waals surface area contributed by atoms with E-state index in [1.54, 1.807) is 13.3 Å². The van der Waals surface area contributed by atoms with Gasteiger partial charge in [-0.3, -0.25) is 9.48 Å². The third kappa shape index (κ3) is 3.24. The molecule has 0 fully saturated rings. The van der Waals surface area contributed by atoms with Crippen molar-refractivity contribution >= 4 is 16.8 Å². The first-order valence-electron chi connectivity index (χ1n) is 6.39. The number of carbonyl (C=O) groups is 1. The molecule has 1 aromatic carbocycles. The van der Waals surface area contributed by atoms with E-state index in [0.29, 0.717) is 13.0 Å². The Morgan fingerprint density at radius 2 is 2.26 bits per heavy atom. The maximum Gasteiger partial charge on any atom is 0.222 e. The predicted molar refractivity (Wildman–Crippen MR) is 74.2 cm³/mol. The van der Waals surface area contributed by atoms with Gasteiger partial charge in [-0.15, -0.1) is 0 Å². The summed E-state index contributed by atoms with van der Waals surface area (Å²) in [6, 6.07) is 5.97. The van der Waals surface area contributed by atoms with Crippen molar-refractivity contribution in [3.05, 3.63) is 24.4 Å². The number of aromatic nitrogens is 2. The molecule has 1 N–H and O–H groups in total. The average molecular weight is 261 g/mol. The Balaban J connectivity index is 2.07. The molecule has 0 radical (unpaired) electrons. The molecule has 102 valence electrons. The molecule has 0 saturated heterocycles. The molecule has 1 heterocycles. The predicted octanol–water partition coefficient (Wildman–Crippen LogP) is 1.96. The number of ether oxygens (including phenoxy) is 1. The quantitative estimate of drug-likeness (QED) is 0.895.